The van der Waals surface area contributed by atoms with E-state index in [1.165, 1.54) is 7.11 Å². The van der Waals surface area contributed by atoms with Gasteiger partial charge in [-0.2, -0.15) is 0 Å². The maximum Gasteiger partial charge on any atom is 0.328 e. The largest absolute Gasteiger partial charge is 0.508 e. The Morgan fingerprint density at radius 3 is 2.42 bits per heavy atom. The molecule has 5 heteroatoms. The van der Waals surface area contributed by atoms with E-state index in [4.69, 9.17) is 4.74 Å². The van der Waals surface area contributed by atoms with Crippen molar-refractivity contribution in [3.05, 3.63) is 77.9 Å². The van der Waals surface area contributed by atoms with Gasteiger partial charge in [-0.05, 0) is 40.6 Å². The standard InChI is InChI=1S/C21H19NO4/c1-26-21(25)19(11-14-5-3-2-4-6-14)22-20(24)17-8-7-16-13-18(23)10-9-15(16)12-17/h2-10,12-13,19,23H,11H2,1H3,(H,22,24). The minimum absolute atomic E-state index is 0.170. The molecular weight excluding hydrogens is 330 g/mol. The van der Waals surface area contributed by atoms with Crippen LogP contribution in [0.1, 0.15) is 15.9 Å². The predicted octanol–water partition coefficient (Wildman–Crippen LogP) is 3.06. The average Bonchev–Trinajstić information content (AvgIpc) is 2.67. The number of ether oxygens (including phenoxy) is 1. The van der Waals surface area contributed by atoms with Crippen LogP contribution in [-0.4, -0.2) is 30.1 Å². The van der Waals surface area contributed by atoms with E-state index in [1.807, 2.05) is 30.3 Å². The maximum atomic E-state index is 12.6. The van der Waals surface area contributed by atoms with Crippen molar-refractivity contribution < 1.29 is 19.4 Å². The summed E-state index contributed by atoms with van der Waals surface area (Å²) >= 11 is 0. The Bertz CT molecular complexity index is 937. The third-order valence-corrected chi connectivity index (χ3v) is 4.16. The number of aromatic hydroxyl groups is 1. The molecule has 132 valence electrons. The molecule has 0 fully saturated rings. The summed E-state index contributed by atoms with van der Waals surface area (Å²) in [6.45, 7) is 0. The quantitative estimate of drug-likeness (QED) is 0.694. The molecule has 5 nitrogen and oxygen atoms in total. The van der Waals surface area contributed by atoms with Crippen LogP contribution in [0.25, 0.3) is 10.8 Å². The topological polar surface area (TPSA) is 75.6 Å². The molecule has 0 saturated heterocycles. The number of phenols is 1. The summed E-state index contributed by atoms with van der Waals surface area (Å²) in [4.78, 5) is 24.7. The molecule has 0 aliphatic rings. The predicted molar refractivity (Wildman–Crippen MR) is 99.0 cm³/mol. The lowest BCUT2D eigenvalue weighted by molar-refractivity contribution is -0.142. The molecule has 1 amide bonds. The number of fused-ring (bicyclic) bond motifs is 1. The first-order chi connectivity index (χ1) is 12.6. The SMILES string of the molecule is COC(=O)C(Cc1ccccc1)NC(=O)c1ccc2cc(O)ccc2c1. The van der Waals surface area contributed by atoms with Gasteiger partial charge in [-0.3, -0.25) is 4.79 Å². The molecule has 0 heterocycles. The minimum atomic E-state index is -0.773. The zero-order valence-corrected chi connectivity index (χ0v) is 14.3. The summed E-state index contributed by atoms with van der Waals surface area (Å²) in [5.74, 6) is -0.678. The van der Waals surface area contributed by atoms with Crippen LogP contribution in [0.4, 0.5) is 0 Å². The number of carbonyl (C=O) groups is 2. The van der Waals surface area contributed by atoms with E-state index in [-0.39, 0.29) is 11.7 Å². The molecule has 2 N–H and O–H groups in total. The van der Waals surface area contributed by atoms with E-state index < -0.39 is 12.0 Å². The highest BCUT2D eigenvalue weighted by atomic mass is 16.5. The Labute approximate surface area is 151 Å². The number of rotatable bonds is 5. The summed E-state index contributed by atoms with van der Waals surface area (Å²) in [7, 11) is 1.30. The molecule has 1 atom stereocenters. The van der Waals surface area contributed by atoms with Gasteiger partial charge in [-0.15, -0.1) is 0 Å². The van der Waals surface area contributed by atoms with Crippen molar-refractivity contribution in [3.8, 4) is 5.75 Å². The third kappa shape index (κ3) is 4.00. The lowest BCUT2D eigenvalue weighted by Gasteiger charge is -2.17. The lowest BCUT2D eigenvalue weighted by Crippen LogP contribution is -2.43. The molecule has 0 spiro atoms. The van der Waals surface area contributed by atoms with E-state index in [0.29, 0.717) is 12.0 Å². The monoisotopic (exact) mass is 349 g/mol. The fourth-order valence-corrected chi connectivity index (χ4v) is 2.80. The number of phenolic OH excluding ortho intramolecular Hbond substituents is 1. The number of methoxy groups -OCH3 is 1. The Morgan fingerprint density at radius 2 is 1.69 bits per heavy atom. The van der Waals surface area contributed by atoms with Crippen LogP contribution in [0.2, 0.25) is 0 Å². The second-order valence-corrected chi connectivity index (χ2v) is 5.99. The number of hydrogen-bond acceptors (Lipinski definition) is 4. The number of amides is 1. The second-order valence-electron chi connectivity index (χ2n) is 5.99. The first-order valence-electron chi connectivity index (χ1n) is 8.22. The first kappa shape index (κ1) is 17.5. The number of nitrogens with one attached hydrogen (secondary N) is 1. The van der Waals surface area contributed by atoms with E-state index in [1.54, 1.807) is 36.4 Å². The van der Waals surface area contributed by atoms with Crippen molar-refractivity contribution in [2.24, 2.45) is 0 Å². The van der Waals surface area contributed by atoms with Gasteiger partial charge < -0.3 is 15.2 Å². The van der Waals surface area contributed by atoms with Gasteiger partial charge in [0, 0.05) is 12.0 Å². The minimum Gasteiger partial charge on any atom is -0.508 e. The van der Waals surface area contributed by atoms with Crippen molar-refractivity contribution in [2.45, 2.75) is 12.5 Å². The van der Waals surface area contributed by atoms with E-state index >= 15 is 0 Å². The van der Waals surface area contributed by atoms with Crippen LogP contribution in [0.15, 0.2) is 66.7 Å². The fraction of sp³-hybridized carbons (Fsp3) is 0.143. The number of hydrogen-bond donors (Lipinski definition) is 2. The zero-order chi connectivity index (χ0) is 18.5. The summed E-state index contributed by atoms with van der Waals surface area (Å²) in [5.41, 5.74) is 1.36. The first-order valence-corrected chi connectivity index (χ1v) is 8.22. The molecule has 3 rings (SSSR count). The molecule has 0 aromatic heterocycles. The highest BCUT2D eigenvalue weighted by molar-refractivity contribution is 6.00. The van der Waals surface area contributed by atoms with Crippen molar-refractivity contribution in [1.29, 1.82) is 0 Å². The normalized spacial score (nSPS) is 11.7. The van der Waals surface area contributed by atoms with Crippen LogP contribution in [0.5, 0.6) is 5.75 Å². The van der Waals surface area contributed by atoms with Gasteiger partial charge in [0.2, 0.25) is 0 Å². The Kier molecular flexibility index (Phi) is 5.17. The highest BCUT2D eigenvalue weighted by Gasteiger charge is 2.22. The summed E-state index contributed by atoms with van der Waals surface area (Å²) in [6, 6.07) is 18.7. The maximum absolute atomic E-state index is 12.6. The van der Waals surface area contributed by atoms with Crippen LogP contribution in [-0.2, 0) is 16.0 Å². The van der Waals surface area contributed by atoms with Gasteiger partial charge in [0.05, 0.1) is 7.11 Å². The van der Waals surface area contributed by atoms with E-state index in [2.05, 4.69) is 5.32 Å². The Balaban J connectivity index is 1.80. The fourth-order valence-electron chi connectivity index (χ4n) is 2.80. The summed E-state index contributed by atoms with van der Waals surface area (Å²) in [6.07, 6.45) is 0.348. The van der Waals surface area contributed by atoms with Crippen LogP contribution in [0.3, 0.4) is 0 Å². The van der Waals surface area contributed by atoms with Gasteiger partial charge in [0.1, 0.15) is 11.8 Å². The molecule has 0 aliphatic carbocycles. The van der Waals surface area contributed by atoms with Gasteiger partial charge >= 0.3 is 5.97 Å². The lowest BCUT2D eigenvalue weighted by atomic mass is 10.0. The second kappa shape index (κ2) is 7.70. The molecule has 0 aliphatic heterocycles. The Hall–Kier alpha value is -3.34. The molecule has 0 radical (unpaired) electrons. The van der Waals surface area contributed by atoms with Crippen molar-refractivity contribution in [3.63, 3.8) is 0 Å². The van der Waals surface area contributed by atoms with Gasteiger partial charge in [-0.25, -0.2) is 4.79 Å². The van der Waals surface area contributed by atoms with Crippen LogP contribution in [0, 0.1) is 0 Å². The molecule has 0 bridgehead atoms. The van der Waals surface area contributed by atoms with Crippen molar-refractivity contribution >= 4 is 22.6 Å². The zero-order valence-electron chi connectivity index (χ0n) is 14.3. The molecule has 3 aromatic carbocycles. The summed E-state index contributed by atoms with van der Waals surface area (Å²) in [5, 5.41) is 13.9. The summed E-state index contributed by atoms with van der Waals surface area (Å²) < 4.78 is 4.82. The van der Waals surface area contributed by atoms with Crippen LogP contribution < -0.4 is 5.32 Å². The van der Waals surface area contributed by atoms with Crippen molar-refractivity contribution in [2.75, 3.05) is 7.11 Å². The average molecular weight is 349 g/mol. The third-order valence-electron chi connectivity index (χ3n) is 4.16. The number of carbonyl (C=O) groups excluding carboxylic acids is 2. The van der Waals surface area contributed by atoms with E-state index in [0.717, 1.165) is 16.3 Å². The molecule has 3 aromatic rings. The molecule has 26 heavy (non-hydrogen) atoms. The smallest absolute Gasteiger partial charge is 0.328 e. The number of esters is 1. The van der Waals surface area contributed by atoms with Gasteiger partial charge in [0.15, 0.2) is 0 Å². The van der Waals surface area contributed by atoms with E-state index in [9.17, 15) is 14.7 Å². The van der Waals surface area contributed by atoms with Gasteiger partial charge in [-0.1, -0.05) is 42.5 Å². The number of benzene rings is 3. The van der Waals surface area contributed by atoms with Gasteiger partial charge in [0.25, 0.3) is 5.91 Å². The van der Waals surface area contributed by atoms with Crippen LogP contribution >= 0.6 is 0 Å². The van der Waals surface area contributed by atoms with Crippen molar-refractivity contribution in [1.82, 2.24) is 5.32 Å². The Morgan fingerprint density at radius 1 is 1.00 bits per heavy atom. The molecule has 1 unspecified atom stereocenters. The molecular formula is C21H19NO4. The highest BCUT2D eigenvalue weighted by Crippen LogP contribution is 2.21. The molecule has 0 saturated carbocycles.